The van der Waals surface area contributed by atoms with Crippen LogP contribution in [-0.4, -0.2) is 19.4 Å². The number of benzene rings is 1. The van der Waals surface area contributed by atoms with Crippen molar-refractivity contribution >= 4 is 28.2 Å². The first-order chi connectivity index (χ1) is 9.19. The fraction of sp³-hybridized carbons (Fsp3) is 0.0769. The zero-order valence-corrected chi connectivity index (χ0v) is 11.7. The molecule has 5 nitrogen and oxygen atoms in total. The number of furan rings is 1. The van der Waals surface area contributed by atoms with Crippen molar-refractivity contribution in [3.8, 4) is 11.3 Å². The van der Waals surface area contributed by atoms with Crippen molar-refractivity contribution in [2.45, 2.75) is 0 Å². The molecular formula is C13H11BrN2O3. The number of nitrogens with one attached hydrogen (secondary N) is 1. The van der Waals surface area contributed by atoms with Crippen LogP contribution >= 0.6 is 15.9 Å². The lowest BCUT2D eigenvalue weighted by molar-refractivity contribution is 0.171. The third-order valence-corrected chi connectivity index (χ3v) is 2.76. The molecule has 2 aromatic rings. The Kier molecular flexibility index (Phi) is 4.35. The summed E-state index contributed by atoms with van der Waals surface area (Å²) in [6, 6.07) is 11.4. The number of rotatable bonds is 3. The van der Waals surface area contributed by atoms with Gasteiger partial charge < -0.3 is 9.15 Å². The van der Waals surface area contributed by atoms with Crippen molar-refractivity contribution in [2.75, 3.05) is 7.11 Å². The first kappa shape index (κ1) is 13.4. The fourth-order valence-electron chi connectivity index (χ4n) is 1.41. The SMILES string of the molecule is COC(=O)NN=Cc1ccc(-c2cccc(Br)c2)o1. The molecule has 1 heterocycles. The highest BCUT2D eigenvalue weighted by Gasteiger charge is 2.03. The van der Waals surface area contributed by atoms with E-state index in [9.17, 15) is 4.79 Å². The van der Waals surface area contributed by atoms with Gasteiger partial charge in [-0.05, 0) is 24.3 Å². The van der Waals surface area contributed by atoms with Crippen LogP contribution in [0.15, 0.2) is 50.4 Å². The minimum Gasteiger partial charge on any atom is -0.455 e. The minimum absolute atomic E-state index is 0.534. The summed E-state index contributed by atoms with van der Waals surface area (Å²) in [4.78, 5) is 10.8. The van der Waals surface area contributed by atoms with Crippen LogP contribution in [0.4, 0.5) is 4.79 Å². The van der Waals surface area contributed by atoms with Gasteiger partial charge in [0.05, 0.1) is 13.3 Å². The molecule has 1 aromatic heterocycles. The number of hydrogen-bond donors (Lipinski definition) is 1. The van der Waals surface area contributed by atoms with Crippen LogP contribution in [-0.2, 0) is 4.74 Å². The Morgan fingerprint density at radius 2 is 2.26 bits per heavy atom. The number of halogens is 1. The van der Waals surface area contributed by atoms with Gasteiger partial charge in [-0.15, -0.1) is 0 Å². The molecule has 0 radical (unpaired) electrons. The summed E-state index contributed by atoms with van der Waals surface area (Å²) >= 11 is 3.40. The van der Waals surface area contributed by atoms with Crippen LogP contribution in [0.2, 0.25) is 0 Å². The molecule has 0 unspecified atom stereocenters. The van der Waals surface area contributed by atoms with Crippen LogP contribution in [0.1, 0.15) is 5.76 Å². The quantitative estimate of drug-likeness (QED) is 0.695. The second-order valence-corrected chi connectivity index (χ2v) is 4.49. The molecule has 6 heteroatoms. The first-order valence-corrected chi connectivity index (χ1v) is 6.21. The van der Waals surface area contributed by atoms with Gasteiger partial charge >= 0.3 is 6.09 Å². The predicted octanol–water partition coefficient (Wildman–Crippen LogP) is 3.40. The van der Waals surface area contributed by atoms with Crippen molar-refractivity contribution in [1.82, 2.24) is 5.43 Å². The maximum absolute atomic E-state index is 10.8. The zero-order chi connectivity index (χ0) is 13.7. The zero-order valence-electron chi connectivity index (χ0n) is 10.1. The van der Waals surface area contributed by atoms with Gasteiger partial charge in [-0.25, -0.2) is 10.2 Å². The molecule has 0 bridgehead atoms. The smallest absolute Gasteiger partial charge is 0.427 e. The Balaban J connectivity index is 2.09. The van der Waals surface area contributed by atoms with Crippen molar-refractivity contribution in [3.05, 3.63) is 46.6 Å². The molecule has 0 saturated heterocycles. The second-order valence-electron chi connectivity index (χ2n) is 3.57. The number of hydrazone groups is 1. The molecule has 0 aliphatic rings. The van der Waals surface area contributed by atoms with E-state index in [0.717, 1.165) is 15.8 Å². The average molecular weight is 323 g/mol. The van der Waals surface area contributed by atoms with Crippen molar-refractivity contribution in [2.24, 2.45) is 5.10 Å². The molecule has 19 heavy (non-hydrogen) atoms. The molecule has 0 fully saturated rings. The highest BCUT2D eigenvalue weighted by Crippen LogP contribution is 2.24. The molecule has 1 amide bonds. The Bertz CT molecular complexity index is 607. The van der Waals surface area contributed by atoms with Crippen molar-refractivity contribution in [1.29, 1.82) is 0 Å². The Hall–Kier alpha value is -2.08. The van der Waals surface area contributed by atoms with E-state index in [1.807, 2.05) is 30.3 Å². The van der Waals surface area contributed by atoms with E-state index in [-0.39, 0.29) is 0 Å². The number of nitrogens with zero attached hydrogens (tertiary/aromatic N) is 1. The summed E-state index contributed by atoms with van der Waals surface area (Å²) in [5, 5.41) is 3.68. The third-order valence-electron chi connectivity index (χ3n) is 2.27. The van der Waals surface area contributed by atoms with E-state index in [1.165, 1.54) is 13.3 Å². The Labute approximate surface area is 118 Å². The van der Waals surface area contributed by atoms with Gasteiger partial charge in [0.2, 0.25) is 0 Å². The van der Waals surface area contributed by atoms with Gasteiger partial charge in [0.1, 0.15) is 11.5 Å². The topological polar surface area (TPSA) is 63.8 Å². The van der Waals surface area contributed by atoms with Crippen LogP contribution in [0.25, 0.3) is 11.3 Å². The van der Waals surface area contributed by atoms with Crippen molar-refractivity contribution in [3.63, 3.8) is 0 Å². The largest absolute Gasteiger partial charge is 0.455 e. The van der Waals surface area contributed by atoms with E-state index < -0.39 is 6.09 Å². The van der Waals surface area contributed by atoms with Gasteiger partial charge in [0.25, 0.3) is 0 Å². The standard InChI is InChI=1S/C13H11BrN2O3/c1-18-13(17)16-15-8-11-5-6-12(19-11)9-3-2-4-10(14)7-9/h2-8H,1H3,(H,16,17). The maximum Gasteiger partial charge on any atom is 0.427 e. The van der Waals surface area contributed by atoms with Gasteiger partial charge in [0, 0.05) is 10.0 Å². The number of hydrogen-bond acceptors (Lipinski definition) is 4. The third kappa shape index (κ3) is 3.69. The van der Waals surface area contributed by atoms with Gasteiger partial charge in [-0.3, -0.25) is 0 Å². The van der Waals surface area contributed by atoms with Gasteiger partial charge in [-0.2, -0.15) is 5.10 Å². The fourth-order valence-corrected chi connectivity index (χ4v) is 1.81. The molecule has 0 aliphatic carbocycles. The predicted molar refractivity (Wildman–Crippen MR) is 75.0 cm³/mol. The summed E-state index contributed by atoms with van der Waals surface area (Å²) in [6.07, 6.45) is 0.772. The second kappa shape index (κ2) is 6.19. The summed E-state index contributed by atoms with van der Waals surface area (Å²) in [5.41, 5.74) is 3.13. The lowest BCUT2D eigenvalue weighted by atomic mass is 10.2. The molecule has 1 N–H and O–H groups in total. The van der Waals surface area contributed by atoms with Crippen LogP contribution < -0.4 is 5.43 Å². The molecule has 0 saturated carbocycles. The molecule has 2 rings (SSSR count). The van der Waals surface area contributed by atoms with E-state index in [2.05, 4.69) is 31.2 Å². The highest BCUT2D eigenvalue weighted by molar-refractivity contribution is 9.10. The average Bonchev–Trinajstić information content (AvgIpc) is 2.87. The minimum atomic E-state index is -0.630. The lowest BCUT2D eigenvalue weighted by Crippen LogP contribution is -2.16. The van der Waals surface area contributed by atoms with Crippen LogP contribution in [0, 0.1) is 0 Å². The lowest BCUT2D eigenvalue weighted by Gasteiger charge is -1.97. The Morgan fingerprint density at radius 3 is 3.00 bits per heavy atom. The van der Waals surface area contributed by atoms with E-state index in [0.29, 0.717) is 5.76 Å². The number of carbonyl (C=O) groups excluding carboxylic acids is 1. The number of carbonyl (C=O) groups is 1. The van der Waals surface area contributed by atoms with E-state index in [1.54, 1.807) is 6.07 Å². The summed E-state index contributed by atoms with van der Waals surface area (Å²) in [7, 11) is 1.27. The number of methoxy groups -OCH3 is 1. The number of amides is 1. The monoisotopic (exact) mass is 322 g/mol. The summed E-state index contributed by atoms with van der Waals surface area (Å²) < 4.78 is 10.9. The molecule has 1 aromatic carbocycles. The van der Waals surface area contributed by atoms with Gasteiger partial charge in [-0.1, -0.05) is 28.1 Å². The molecular weight excluding hydrogens is 312 g/mol. The summed E-state index contributed by atoms with van der Waals surface area (Å²) in [6.45, 7) is 0. The maximum atomic E-state index is 10.8. The van der Waals surface area contributed by atoms with E-state index in [4.69, 9.17) is 4.42 Å². The van der Waals surface area contributed by atoms with Crippen LogP contribution in [0.3, 0.4) is 0 Å². The van der Waals surface area contributed by atoms with E-state index >= 15 is 0 Å². The molecule has 0 aliphatic heterocycles. The normalized spacial score (nSPS) is 10.6. The molecule has 0 atom stereocenters. The van der Waals surface area contributed by atoms with Gasteiger partial charge in [0.15, 0.2) is 0 Å². The molecule has 98 valence electrons. The number of ether oxygens (including phenoxy) is 1. The van der Waals surface area contributed by atoms with Crippen LogP contribution in [0.5, 0.6) is 0 Å². The highest BCUT2D eigenvalue weighted by atomic mass is 79.9. The molecule has 0 spiro atoms. The Morgan fingerprint density at radius 1 is 1.42 bits per heavy atom. The van der Waals surface area contributed by atoms with Crippen molar-refractivity contribution < 1.29 is 13.9 Å². The summed E-state index contributed by atoms with van der Waals surface area (Å²) in [5.74, 6) is 1.26. The first-order valence-electron chi connectivity index (χ1n) is 5.42.